The number of aromatic nitrogens is 1. The van der Waals surface area contributed by atoms with Crippen molar-refractivity contribution in [1.82, 2.24) is 4.57 Å². The van der Waals surface area contributed by atoms with Crippen LogP contribution in [0.1, 0.15) is 5.56 Å². The molecule has 1 aromatic carbocycles. The number of fused-ring (bicyclic) bond motifs is 1. The second-order valence-corrected chi connectivity index (χ2v) is 6.50. The maximum Gasteiger partial charge on any atom is 0.149 e. The quantitative estimate of drug-likeness (QED) is 0.887. The molecule has 0 unspecified atom stereocenters. The Morgan fingerprint density at radius 1 is 1.29 bits per heavy atom. The number of hydrogen-bond acceptors (Lipinski definition) is 3. The third kappa shape index (κ3) is 2.87. The third-order valence-corrected chi connectivity index (χ3v) is 3.70. The number of aryl methyl sites for hydroxylation is 1. The van der Waals surface area contributed by atoms with Crippen LogP contribution in [0.2, 0.25) is 0 Å². The number of nitrogens with two attached hydrogens (primary N) is 1. The fraction of sp³-hybridized carbons (Fsp3) is 0.333. The molecule has 0 fully saturated rings. The Hall–Kier alpha value is -1.33. The zero-order valence-corrected chi connectivity index (χ0v) is 10.6. The lowest BCUT2D eigenvalue weighted by Crippen LogP contribution is -2.10. The normalized spacial score (nSPS) is 12.1. The molecule has 0 saturated carbocycles. The molecule has 0 aliphatic rings. The van der Waals surface area contributed by atoms with Crippen LogP contribution in [0.15, 0.2) is 30.5 Å². The first kappa shape index (κ1) is 12.1. The van der Waals surface area contributed by atoms with Crippen molar-refractivity contribution in [1.29, 1.82) is 0 Å². The molecule has 0 spiro atoms. The van der Waals surface area contributed by atoms with E-state index in [9.17, 15) is 8.42 Å². The van der Waals surface area contributed by atoms with Gasteiger partial charge in [-0.15, -0.1) is 0 Å². The SMILES string of the molecule is CS(=O)(=O)CCn1ccc2ccc(CN)cc21. The predicted molar refractivity (Wildman–Crippen MR) is 69.5 cm³/mol. The van der Waals surface area contributed by atoms with Gasteiger partial charge in [-0.25, -0.2) is 8.42 Å². The largest absolute Gasteiger partial charge is 0.346 e. The van der Waals surface area contributed by atoms with Crippen LogP contribution in [-0.4, -0.2) is 25.0 Å². The van der Waals surface area contributed by atoms with Gasteiger partial charge in [-0.3, -0.25) is 0 Å². The third-order valence-electron chi connectivity index (χ3n) is 2.78. The fourth-order valence-corrected chi connectivity index (χ4v) is 2.34. The summed E-state index contributed by atoms with van der Waals surface area (Å²) in [5, 5.41) is 1.11. The Labute approximate surface area is 101 Å². The van der Waals surface area contributed by atoms with Crippen molar-refractivity contribution in [3.05, 3.63) is 36.0 Å². The number of benzene rings is 1. The van der Waals surface area contributed by atoms with Crippen LogP contribution in [0.25, 0.3) is 10.9 Å². The van der Waals surface area contributed by atoms with E-state index in [1.54, 1.807) is 0 Å². The van der Waals surface area contributed by atoms with Gasteiger partial charge in [0.15, 0.2) is 0 Å². The molecule has 0 atom stereocenters. The average molecular weight is 252 g/mol. The summed E-state index contributed by atoms with van der Waals surface area (Å²) in [6, 6.07) is 7.99. The highest BCUT2D eigenvalue weighted by molar-refractivity contribution is 7.90. The van der Waals surface area contributed by atoms with Gasteiger partial charge in [-0.05, 0) is 23.1 Å². The van der Waals surface area contributed by atoms with Crippen LogP contribution >= 0.6 is 0 Å². The van der Waals surface area contributed by atoms with E-state index < -0.39 is 9.84 Å². The van der Waals surface area contributed by atoms with E-state index in [2.05, 4.69) is 0 Å². The minimum absolute atomic E-state index is 0.156. The van der Waals surface area contributed by atoms with Gasteiger partial charge < -0.3 is 10.3 Å². The Kier molecular flexibility index (Phi) is 3.22. The lowest BCUT2D eigenvalue weighted by molar-refractivity contribution is 0.596. The van der Waals surface area contributed by atoms with E-state index in [1.165, 1.54) is 6.26 Å². The average Bonchev–Trinajstić information content (AvgIpc) is 2.67. The van der Waals surface area contributed by atoms with Gasteiger partial charge in [-0.2, -0.15) is 0 Å². The van der Waals surface area contributed by atoms with Crippen molar-refractivity contribution in [3.8, 4) is 0 Å². The lowest BCUT2D eigenvalue weighted by Gasteiger charge is -2.05. The maximum absolute atomic E-state index is 11.2. The van der Waals surface area contributed by atoms with E-state index in [1.807, 2.05) is 35.0 Å². The van der Waals surface area contributed by atoms with Crippen molar-refractivity contribution in [2.45, 2.75) is 13.1 Å². The second-order valence-electron chi connectivity index (χ2n) is 4.24. The first-order chi connectivity index (χ1) is 7.99. The minimum Gasteiger partial charge on any atom is -0.346 e. The first-order valence-corrected chi connectivity index (χ1v) is 7.51. The molecule has 0 saturated heterocycles. The van der Waals surface area contributed by atoms with Gasteiger partial charge in [0.05, 0.1) is 5.75 Å². The van der Waals surface area contributed by atoms with Crippen LogP contribution < -0.4 is 5.73 Å². The van der Waals surface area contributed by atoms with Gasteiger partial charge in [-0.1, -0.05) is 12.1 Å². The molecule has 1 heterocycles. The van der Waals surface area contributed by atoms with Crippen LogP contribution in [-0.2, 0) is 22.9 Å². The zero-order valence-electron chi connectivity index (χ0n) is 9.76. The smallest absolute Gasteiger partial charge is 0.149 e. The topological polar surface area (TPSA) is 65.1 Å². The lowest BCUT2D eigenvalue weighted by atomic mass is 10.2. The summed E-state index contributed by atoms with van der Waals surface area (Å²) < 4.78 is 24.3. The summed E-state index contributed by atoms with van der Waals surface area (Å²) >= 11 is 0. The molecule has 5 heteroatoms. The summed E-state index contributed by atoms with van der Waals surface area (Å²) in [6.07, 6.45) is 3.17. The maximum atomic E-state index is 11.2. The van der Waals surface area contributed by atoms with E-state index >= 15 is 0 Å². The Morgan fingerprint density at radius 3 is 2.71 bits per heavy atom. The number of rotatable bonds is 4. The van der Waals surface area contributed by atoms with Crippen LogP contribution in [0.5, 0.6) is 0 Å². The van der Waals surface area contributed by atoms with E-state index in [4.69, 9.17) is 5.73 Å². The molecule has 2 N–H and O–H groups in total. The summed E-state index contributed by atoms with van der Waals surface area (Å²) in [5.41, 5.74) is 7.69. The van der Waals surface area contributed by atoms with Gasteiger partial charge in [0.2, 0.25) is 0 Å². The molecule has 2 aromatic rings. The van der Waals surface area contributed by atoms with Crippen molar-refractivity contribution in [2.24, 2.45) is 5.73 Å². The van der Waals surface area contributed by atoms with Gasteiger partial charge in [0.1, 0.15) is 9.84 Å². The Morgan fingerprint density at radius 2 is 2.06 bits per heavy atom. The number of sulfone groups is 1. The zero-order chi connectivity index (χ0) is 12.5. The standard InChI is InChI=1S/C12H16N2O2S/c1-17(15,16)7-6-14-5-4-11-3-2-10(9-13)8-12(11)14/h2-5,8H,6-7,9,13H2,1H3. The number of nitrogens with zero attached hydrogens (tertiary/aromatic N) is 1. The summed E-state index contributed by atoms with van der Waals surface area (Å²) in [7, 11) is -2.93. The molecule has 0 aliphatic heterocycles. The molecule has 0 bridgehead atoms. The van der Waals surface area contributed by atoms with Crippen molar-refractivity contribution >= 4 is 20.7 Å². The van der Waals surface area contributed by atoms with E-state index in [-0.39, 0.29) is 5.75 Å². The Balaban J connectivity index is 2.34. The van der Waals surface area contributed by atoms with Crippen LogP contribution in [0, 0.1) is 0 Å². The molecule has 2 rings (SSSR count). The highest BCUT2D eigenvalue weighted by Crippen LogP contribution is 2.17. The molecular weight excluding hydrogens is 236 g/mol. The summed E-state index contributed by atoms with van der Waals surface area (Å²) in [4.78, 5) is 0. The van der Waals surface area contributed by atoms with Crippen molar-refractivity contribution < 1.29 is 8.42 Å². The summed E-state index contributed by atoms with van der Waals surface area (Å²) in [6.45, 7) is 0.976. The molecule has 0 amide bonds. The van der Waals surface area contributed by atoms with Gasteiger partial charge >= 0.3 is 0 Å². The molecule has 0 aliphatic carbocycles. The minimum atomic E-state index is -2.93. The molecule has 4 nitrogen and oxygen atoms in total. The molecule has 17 heavy (non-hydrogen) atoms. The van der Waals surface area contributed by atoms with Crippen molar-refractivity contribution in [2.75, 3.05) is 12.0 Å². The highest BCUT2D eigenvalue weighted by Gasteiger charge is 2.06. The van der Waals surface area contributed by atoms with Crippen LogP contribution in [0.3, 0.4) is 0 Å². The highest BCUT2D eigenvalue weighted by atomic mass is 32.2. The molecule has 92 valence electrons. The van der Waals surface area contributed by atoms with Gasteiger partial charge in [0.25, 0.3) is 0 Å². The molecular formula is C12H16N2O2S. The Bertz CT molecular complexity index is 629. The monoisotopic (exact) mass is 252 g/mol. The molecule has 0 radical (unpaired) electrons. The molecule has 1 aromatic heterocycles. The predicted octanol–water partition coefficient (Wildman–Crippen LogP) is 1.14. The van der Waals surface area contributed by atoms with Gasteiger partial charge in [0, 0.05) is 31.1 Å². The van der Waals surface area contributed by atoms with E-state index in [0.717, 1.165) is 16.5 Å². The second kappa shape index (κ2) is 4.50. The van der Waals surface area contributed by atoms with E-state index in [0.29, 0.717) is 13.1 Å². The fourth-order valence-electron chi connectivity index (χ4n) is 1.82. The van der Waals surface area contributed by atoms with Crippen LogP contribution in [0.4, 0.5) is 0 Å². The van der Waals surface area contributed by atoms with Crippen molar-refractivity contribution in [3.63, 3.8) is 0 Å². The summed E-state index contributed by atoms with van der Waals surface area (Å²) in [5.74, 6) is 0.156. The first-order valence-electron chi connectivity index (χ1n) is 5.45. The number of hydrogen-bond donors (Lipinski definition) is 1.